The van der Waals surface area contributed by atoms with Crippen LogP contribution in [0.5, 0.6) is 0 Å². The molecule has 0 fully saturated rings. The van der Waals surface area contributed by atoms with E-state index in [9.17, 15) is 0 Å². The van der Waals surface area contributed by atoms with E-state index in [4.69, 9.17) is 11.6 Å². The van der Waals surface area contributed by atoms with E-state index in [1.54, 1.807) is 0 Å². The Bertz CT molecular complexity index is 292. The lowest BCUT2D eigenvalue weighted by Gasteiger charge is -2.12. The minimum atomic E-state index is 0.449. The zero-order valence-electron chi connectivity index (χ0n) is 7.98. The summed E-state index contributed by atoms with van der Waals surface area (Å²) in [7, 11) is 0. The summed E-state index contributed by atoms with van der Waals surface area (Å²) in [5.41, 5.74) is 3.66. The van der Waals surface area contributed by atoms with Gasteiger partial charge in [0.1, 0.15) is 5.15 Å². The van der Waals surface area contributed by atoms with Crippen LogP contribution in [0, 0.1) is 13.8 Å². The molecule has 1 heterocycles. The maximum Gasteiger partial charge on any atom is 0.132 e. The first-order chi connectivity index (χ1) is 5.54. The van der Waals surface area contributed by atoms with Gasteiger partial charge in [0, 0.05) is 6.20 Å². The molecule has 2 heteroatoms. The van der Waals surface area contributed by atoms with Crippen LogP contribution in [0.25, 0.3) is 0 Å². The first-order valence-electron chi connectivity index (χ1n) is 4.15. The number of rotatable bonds is 1. The van der Waals surface area contributed by atoms with Crippen molar-refractivity contribution in [2.24, 2.45) is 0 Å². The molecule has 0 aromatic carbocycles. The maximum absolute atomic E-state index is 5.99. The largest absolute Gasteiger partial charge is 0.244 e. The molecule has 0 aliphatic heterocycles. The Morgan fingerprint density at radius 3 is 2.33 bits per heavy atom. The van der Waals surface area contributed by atoms with Crippen molar-refractivity contribution in [1.82, 2.24) is 4.98 Å². The summed E-state index contributed by atoms with van der Waals surface area (Å²) >= 11 is 5.99. The van der Waals surface area contributed by atoms with E-state index in [2.05, 4.69) is 32.7 Å². The quantitative estimate of drug-likeness (QED) is 0.608. The second kappa shape index (κ2) is 3.44. The molecule has 1 nitrogen and oxygen atoms in total. The van der Waals surface area contributed by atoms with Crippen molar-refractivity contribution in [3.63, 3.8) is 0 Å². The Morgan fingerprint density at radius 1 is 1.33 bits per heavy atom. The molecule has 1 rings (SSSR count). The lowest BCUT2D eigenvalue weighted by atomic mass is 9.98. The van der Waals surface area contributed by atoms with Crippen LogP contribution in [0.2, 0.25) is 5.15 Å². The van der Waals surface area contributed by atoms with Gasteiger partial charge in [-0.1, -0.05) is 25.4 Å². The average molecular weight is 184 g/mol. The zero-order chi connectivity index (χ0) is 9.30. The van der Waals surface area contributed by atoms with Crippen molar-refractivity contribution in [3.05, 3.63) is 28.0 Å². The molecule has 0 unspecified atom stereocenters. The minimum Gasteiger partial charge on any atom is -0.244 e. The number of hydrogen-bond acceptors (Lipinski definition) is 1. The number of hydrogen-bond donors (Lipinski definition) is 0. The Labute approximate surface area is 78.8 Å². The second-order valence-electron chi connectivity index (χ2n) is 3.43. The Morgan fingerprint density at radius 2 is 1.92 bits per heavy atom. The standard InChI is InChI=1S/C10H14ClN/c1-6(2)9-8(4)7(3)5-12-10(9)11/h5-6H,1-4H3. The van der Waals surface area contributed by atoms with Crippen LogP contribution in [-0.4, -0.2) is 4.98 Å². The number of aryl methyl sites for hydroxylation is 1. The summed E-state index contributed by atoms with van der Waals surface area (Å²) in [6.45, 7) is 8.42. The summed E-state index contributed by atoms with van der Waals surface area (Å²) in [5.74, 6) is 0.449. The first-order valence-corrected chi connectivity index (χ1v) is 4.53. The van der Waals surface area contributed by atoms with E-state index >= 15 is 0 Å². The van der Waals surface area contributed by atoms with Gasteiger partial charge in [-0.05, 0) is 36.5 Å². The molecule has 0 aliphatic carbocycles. The molecule has 66 valence electrons. The van der Waals surface area contributed by atoms with Gasteiger partial charge in [0.05, 0.1) is 0 Å². The lowest BCUT2D eigenvalue weighted by Crippen LogP contribution is -1.98. The Hall–Kier alpha value is -0.560. The van der Waals surface area contributed by atoms with Crippen molar-refractivity contribution in [2.75, 3.05) is 0 Å². The van der Waals surface area contributed by atoms with Gasteiger partial charge >= 0.3 is 0 Å². The fourth-order valence-electron chi connectivity index (χ4n) is 1.36. The highest BCUT2D eigenvalue weighted by atomic mass is 35.5. The van der Waals surface area contributed by atoms with Crippen molar-refractivity contribution >= 4 is 11.6 Å². The Balaban J connectivity index is 3.33. The van der Waals surface area contributed by atoms with Crippen LogP contribution >= 0.6 is 11.6 Å². The predicted octanol–water partition coefficient (Wildman–Crippen LogP) is 3.48. The summed E-state index contributed by atoms with van der Waals surface area (Å²) in [6, 6.07) is 0. The van der Waals surface area contributed by atoms with Crippen LogP contribution in [0.4, 0.5) is 0 Å². The third-order valence-corrected chi connectivity index (χ3v) is 2.47. The minimum absolute atomic E-state index is 0.449. The lowest BCUT2D eigenvalue weighted by molar-refractivity contribution is 0.844. The monoisotopic (exact) mass is 183 g/mol. The first kappa shape index (κ1) is 9.53. The predicted molar refractivity (Wildman–Crippen MR) is 52.8 cm³/mol. The third-order valence-electron chi connectivity index (χ3n) is 2.17. The zero-order valence-corrected chi connectivity index (χ0v) is 8.74. The molecule has 12 heavy (non-hydrogen) atoms. The molecule has 0 saturated carbocycles. The van der Waals surface area contributed by atoms with Gasteiger partial charge in [-0.25, -0.2) is 4.98 Å². The third kappa shape index (κ3) is 1.61. The molecule has 0 saturated heterocycles. The molecule has 0 aliphatic rings. The molecule has 1 aromatic heterocycles. The SMILES string of the molecule is Cc1cnc(Cl)c(C(C)C)c1C. The molecular weight excluding hydrogens is 170 g/mol. The normalized spacial score (nSPS) is 10.8. The molecule has 0 atom stereocenters. The summed E-state index contributed by atoms with van der Waals surface area (Å²) in [6.07, 6.45) is 1.82. The number of nitrogens with zero attached hydrogens (tertiary/aromatic N) is 1. The van der Waals surface area contributed by atoms with Crippen LogP contribution in [0.1, 0.15) is 36.5 Å². The summed E-state index contributed by atoms with van der Waals surface area (Å²) < 4.78 is 0. The molecule has 0 bridgehead atoms. The van der Waals surface area contributed by atoms with E-state index in [1.165, 1.54) is 16.7 Å². The van der Waals surface area contributed by atoms with Gasteiger partial charge in [0.25, 0.3) is 0 Å². The van der Waals surface area contributed by atoms with Crippen LogP contribution < -0.4 is 0 Å². The second-order valence-corrected chi connectivity index (χ2v) is 3.78. The smallest absolute Gasteiger partial charge is 0.132 e. The molecule has 1 aromatic rings. The highest BCUT2D eigenvalue weighted by Crippen LogP contribution is 2.27. The van der Waals surface area contributed by atoms with E-state index in [0.29, 0.717) is 11.1 Å². The molecule has 0 spiro atoms. The Kier molecular flexibility index (Phi) is 2.73. The van der Waals surface area contributed by atoms with E-state index in [0.717, 1.165) is 0 Å². The van der Waals surface area contributed by atoms with E-state index in [-0.39, 0.29) is 0 Å². The van der Waals surface area contributed by atoms with Crippen molar-refractivity contribution in [3.8, 4) is 0 Å². The number of halogens is 1. The molecule has 0 radical (unpaired) electrons. The number of pyridine rings is 1. The van der Waals surface area contributed by atoms with Crippen molar-refractivity contribution in [1.29, 1.82) is 0 Å². The van der Waals surface area contributed by atoms with Gasteiger partial charge in [0.2, 0.25) is 0 Å². The number of aromatic nitrogens is 1. The van der Waals surface area contributed by atoms with Gasteiger partial charge < -0.3 is 0 Å². The summed E-state index contributed by atoms with van der Waals surface area (Å²) in [4.78, 5) is 4.13. The van der Waals surface area contributed by atoms with Gasteiger partial charge in [-0.2, -0.15) is 0 Å². The maximum atomic E-state index is 5.99. The highest BCUT2D eigenvalue weighted by molar-refractivity contribution is 6.30. The van der Waals surface area contributed by atoms with Crippen LogP contribution in [-0.2, 0) is 0 Å². The van der Waals surface area contributed by atoms with Crippen molar-refractivity contribution in [2.45, 2.75) is 33.6 Å². The molecular formula is C10H14ClN. The average Bonchev–Trinajstić information content (AvgIpc) is 1.97. The fourth-order valence-corrected chi connectivity index (χ4v) is 1.77. The van der Waals surface area contributed by atoms with Crippen LogP contribution in [0.3, 0.4) is 0 Å². The van der Waals surface area contributed by atoms with Gasteiger partial charge in [0.15, 0.2) is 0 Å². The molecule has 0 N–H and O–H groups in total. The van der Waals surface area contributed by atoms with E-state index in [1.807, 2.05) is 6.20 Å². The summed E-state index contributed by atoms with van der Waals surface area (Å²) in [5, 5.41) is 0.646. The van der Waals surface area contributed by atoms with Gasteiger partial charge in [-0.3, -0.25) is 0 Å². The van der Waals surface area contributed by atoms with Gasteiger partial charge in [-0.15, -0.1) is 0 Å². The van der Waals surface area contributed by atoms with E-state index < -0.39 is 0 Å². The fraction of sp³-hybridized carbons (Fsp3) is 0.500. The van der Waals surface area contributed by atoms with Crippen molar-refractivity contribution < 1.29 is 0 Å². The highest BCUT2D eigenvalue weighted by Gasteiger charge is 2.10. The van der Waals surface area contributed by atoms with Crippen LogP contribution in [0.15, 0.2) is 6.20 Å². The molecule has 0 amide bonds. The topological polar surface area (TPSA) is 12.9 Å².